The third-order valence-corrected chi connectivity index (χ3v) is 4.20. The number of nitrogens with two attached hydrogens (primary N) is 1. The van der Waals surface area contributed by atoms with Crippen LogP contribution in [-0.4, -0.2) is 28.3 Å². The molecule has 2 N–H and O–H groups in total. The van der Waals surface area contributed by atoms with Crippen molar-refractivity contribution in [2.24, 2.45) is 5.92 Å². The molecule has 21 heavy (non-hydrogen) atoms. The molecular weight excluding hydrogens is 294 g/mol. The molecule has 1 saturated heterocycles. The van der Waals surface area contributed by atoms with Crippen LogP contribution in [0.5, 0.6) is 0 Å². The van der Waals surface area contributed by atoms with E-state index in [0.29, 0.717) is 12.5 Å². The predicted molar refractivity (Wildman–Crippen MR) is 81.4 cm³/mol. The Labute approximate surface area is 128 Å². The van der Waals surface area contributed by atoms with Crippen LogP contribution in [0, 0.1) is 16.0 Å². The zero-order chi connectivity index (χ0) is 15.7. The minimum atomic E-state index is -0.577. The van der Waals surface area contributed by atoms with Gasteiger partial charge in [0.15, 0.2) is 0 Å². The van der Waals surface area contributed by atoms with Crippen LogP contribution in [0.2, 0.25) is 5.02 Å². The van der Waals surface area contributed by atoms with E-state index < -0.39 is 4.92 Å². The summed E-state index contributed by atoms with van der Waals surface area (Å²) in [5.41, 5.74) is 5.83. The largest absolute Gasteiger partial charge is 0.397 e. The Hall–Kier alpha value is -1.82. The second kappa shape index (κ2) is 5.89. The molecule has 1 amide bonds. The highest BCUT2D eigenvalue weighted by molar-refractivity contribution is 6.34. The first kappa shape index (κ1) is 15.6. The monoisotopic (exact) mass is 311 g/mol. The summed E-state index contributed by atoms with van der Waals surface area (Å²) in [5, 5.41) is 10.9. The molecule has 0 aromatic heterocycles. The summed E-state index contributed by atoms with van der Waals surface area (Å²) in [5.74, 6) is 0.0427. The molecule has 1 heterocycles. The standard InChI is InChI=1S/C14H18ClN3O3/c1-8(2)12-4-3-5-17(12)14(19)10-6-9(18(20)21)7-11(15)13(10)16/h6-8,12H,3-5,16H2,1-2H3. The third kappa shape index (κ3) is 2.95. The molecule has 1 aromatic carbocycles. The average molecular weight is 312 g/mol. The van der Waals surface area contributed by atoms with Gasteiger partial charge in [-0.2, -0.15) is 0 Å². The molecule has 1 unspecified atom stereocenters. The zero-order valence-electron chi connectivity index (χ0n) is 12.0. The summed E-state index contributed by atoms with van der Waals surface area (Å²) in [6.07, 6.45) is 1.86. The van der Waals surface area contributed by atoms with E-state index in [2.05, 4.69) is 13.8 Å². The first-order valence-electron chi connectivity index (χ1n) is 6.87. The first-order chi connectivity index (χ1) is 9.82. The van der Waals surface area contributed by atoms with Gasteiger partial charge in [-0.15, -0.1) is 0 Å². The van der Waals surface area contributed by atoms with E-state index in [1.165, 1.54) is 6.07 Å². The van der Waals surface area contributed by atoms with Crippen LogP contribution in [0.1, 0.15) is 37.0 Å². The van der Waals surface area contributed by atoms with Crippen molar-refractivity contribution in [2.45, 2.75) is 32.7 Å². The van der Waals surface area contributed by atoms with E-state index in [0.717, 1.165) is 18.9 Å². The van der Waals surface area contributed by atoms with Crippen molar-refractivity contribution in [2.75, 3.05) is 12.3 Å². The molecule has 0 saturated carbocycles. The summed E-state index contributed by atoms with van der Waals surface area (Å²) < 4.78 is 0. The maximum absolute atomic E-state index is 12.7. The fourth-order valence-electron chi connectivity index (χ4n) is 2.78. The second-order valence-corrected chi connectivity index (χ2v) is 6.01. The Morgan fingerprint density at radius 1 is 1.52 bits per heavy atom. The molecule has 1 aliphatic heterocycles. The van der Waals surface area contributed by atoms with Crippen LogP contribution in [0.15, 0.2) is 12.1 Å². The minimum Gasteiger partial charge on any atom is -0.397 e. The average Bonchev–Trinajstić information content (AvgIpc) is 2.90. The van der Waals surface area contributed by atoms with Gasteiger partial charge < -0.3 is 10.6 Å². The highest BCUT2D eigenvalue weighted by Crippen LogP contribution is 2.32. The normalized spacial score (nSPS) is 18.3. The van der Waals surface area contributed by atoms with Gasteiger partial charge in [-0.05, 0) is 18.8 Å². The summed E-state index contributed by atoms with van der Waals surface area (Å²) in [6, 6.07) is 2.51. The second-order valence-electron chi connectivity index (χ2n) is 5.60. The quantitative estimate of drug-likeness (QED) is 0.527. The number of anilines is 1. The van der Waals surface area contributed by atoms with E-state index >= 15 is 0 Å². The predicted octanol–water partition coefficient (Wildman–Crippen LogP) is 3.09. The number of nitro benzene ring substituents is 1. The number of likely N-dealkylation sites (tertiary alicyclic amines) is 1. The number of hydrogen-bond acceptors (Lipinski definition) is 4. The van der Waals surface area contributed by atoms with Gasteiger partial charge in [0, 0.05) is 24.7 Å². The first-order valence-corrected chi connectivity index (χ1v) is 7.25. The van der Waals surface area contributed by atoms with E-state index in [-0.39, 0.29) is 33.9 Å². The van der Waals surface area contributed by atoms with E-state index in [9.17, 15) is 14.9 Å². The lowest BCUT2D eigenvalue weighted by atomic mass is 10.0. The van der Waals surface area contributed by atoms with Gasteiger partial charge in [0.1, 0.15) is 0 Å². The number of nitrogen functional groups attached to an aromatic ring is 1. The van der Waals surface area contributed by atoms with Gasteiger partial charge >= 0.3 is 0 Å². The highest BCUT2D eigenvalue weighted by Gasteiger charge is 2.33. The Morgan fingerprint density at radius 3 is 2.76 bits per heavy atom. The number of nitro groups is 1. The number of benzene rings is 1. The molecule has 114 valence electrons. The van der Waals surface area contributed by atoms with Crippen LogP contribution in [0.3, 0.4) is 0 Å². The Morgan fingerprint density at radius 2 is 2.19 bits per heavy atom. The van der Waals surface area contributed by atoms with Crippen molar-refractivity contribution in [1.82, 2.24) is 4.90 Å². The van der Waals surface area contributed by atoms with Crippen molar-refractivity contribution in [1.29, 1.82) is 0 Å². The van der Waals surface area contributed by atoms with Crippen molar-refractivity contribution < 1.29 is 9.72 Å². The Bertz CT molecular complexity index is 589. The van der Waals surface area contributed by atoms with Gasteiger partial charge in [0.2, 0.25) is 0 Å². The molecule has 1 fully saturated rings. The van der Waals surface area contributed by atoms with Crippen LogP contribution >= 0.6 is 11.6 Å². The van der Waals surface area contributed by atoms with Gasteiger partial charge in [0.05, 0.1) is 21.2 Å². The van der Waals surface area contributed by atoms with Crippen molar-refractivity contribution >= 4 is 28.9 Å². The summed E-state index contributed by atoms with van der Waals surface area (Å²) >= 11 is 5.91. The fourth-order valence-corrected chi connectivity index (χ4v) is 2.99. The van der Waals surface area contributed by atoms with E-state index in [4.69, 9.17) is 17.3 Å². The molecule has 2 rings (SSSR count). The zero-order valence-corrected chi connectivity index (χ0v) is 12.8. The molecule has 6 nitrogen and oxygen atoms in total. The third-order valence-electron chi connectivity index (χ3n) is 3.89. The maximum Gasteiger partial charge on any atom is 0.271 e. The number of hydrogen-bond donors (Lipinski definition) is 1. The number of rotatable bonds is 3. The van der Waals surface area contributed by atoms with Crippen molar-refractivity contribution in [3.8, 4) is 0 Å². The fraction of sp³-hybridized carbons (Fsp3) is 0.500. The van der Waals surface area contributed by atoms with Gasteiger partial charge in [-0.25, -0.2) is 0 Å². The molecule has 1 aromatic rings. The Kier molecular flexibility index (Phi) is 4.37. The molecular formula is C14H18ClN3O3. The van der Waals surface area contributed by atoms with Gasteiger partial charge in [0.25, 0.3) is 11.6 Å². The van der Waals surface area contributed by atoms with E-state index in [1.54, 1.807) is 4.90 Å². The number of carbonyl (C=O) groups is 1. The lowest BCUT2D eigenvalue weighted by Gasteiger charge is -2.28. The molecule has 0 radical (unpaired) electrons. The SMILES string of the molecule is CC(C)C1CCCN1C(=O)c1cc([N+](=O)[O-])cc(Cl)c1N. The number of nitrogens with zero attached hydrogens (tertiary/aromatic N) is 2. The molecule has 0 spiro atoms. The smallest absolute Gasteiger partial charge is 0.271 e. The van der Waals surface area contributed by atoms with Crippen LogP contribution < -0.4 is 5.73 Å². The lowest BCUT2D eigenvalue weighted by Crippen LogP contribution is -2.38. The van der Waals surface area contributed by atoms with Gasteiger partial charge in [-0.1, -0.05) is 25.4 Å². The van der Waals surface area contributed by atoms with Crippen LogP contribution in [-0.2, 0) is 0 Å². The summed E-state index contributed by atoms with van der Waals surface area (Å²) in [4.78, 5) is 24.8. The lowest BCUT2D eigenvalue weighted by molar-refractivity contribution is -0.384. The van der Waals surface area contributed by atoms with Crippen molar-refractivity contribution in [3.63, 3.8) is 0 Å². The van der Waals surface area contributed by atoms with Crippen molar-refractivity contribution in [3.05, 3.63) is 32.8 Å². The minimum absolute atomic E-state index is 0.0350. The number of halogens is 1. The highest BCUT2D eigenvalue weighted by atomic mass is 35.5. The van der Waals surface area contributed by atoms with Crippen LogP contribution in [0.25, 0.3) is 0 Å². The Balaban J connectivity index is 2.41. The topological polar surface area (TPSA) is 89.5 Å². The molecule has 0 bridgehead atoms. The number of carbonyl (C=O) groups excluding carboxylic acids is 1. The van der Waals surface area contributed by atoms with E-state index in [1.807, 2.05) is 0 Å². The molecule has 0 aliphatic carbocycles. The van der Waals surface area contributed by atoms with Crippen LogP contribution in [0.4, 0.5) is 11.4 Å². The van der Waals surface area contributed by atoms with Gasteiger partial charge in [-0.3, -0.25) is 14.9 Å². The molecule has 7 heteroatoms. The summed E-state index contributed by atoms with van der Waals surface area (Å²) in [6.45, 7) is 4.75. The summed E-state index contributed by atoms with van der Waals surface area (Å²) in [7, 11) is 0. The number of amides is 1. The molecule has 1 aliphatic rings. The number of non-ortho nitro benzene ring substituents is 1. The maximum atomic E-state index is 12.7. The molecule has 1 atom stereocenters.